The number of carbonyl (C=O) groups excluding carboxylic acids is 1. The summed E-state index contributed by atoms with van der Waals surface area (Å²) in [4.78, 5) is 15.8. The van der Waals surface area contributed by atoms with Gasteiger partial charge in [-0.1, -0.05) is 28.1 Å². The van der Waals surface area contributed by atoms with Crippen LogP contribution < -0.4 is 14.9 Å². The third-order valence-electron chi connectivity index (χ3n) is 4.05. The number of hydrazone groups is 1. The van der Waals surface area contributed by atoms with Crippen molar-refractivity contribution >= 4 is 44.6 Å². The highest BCUT2D eigenvalue weighted by Crippen LogP contribution is 2.28. The van der Waals surface area contributed by atoms with Gasteiger partial charge in [0.1, 0.15) is 6.61 Å². The molecule has 1 heterocycles. The van der Waals surface area contributed by atoms with Crippen LogP contribution in [0.25, 0.3) is 0 Å². The van der Waals surface area contributed by atoms with Crippen LogP contribution >= 0.6 is 27.3 Å². The van der Waals surface area contributed by atoms with Gasteiger partial charge in [0.25, 0.3) is 0 Å². The Morgan fingerprint density at radius 1 is 1.23 bits per heavy atom. The summed E-state index contributed by atoms with van der Waals surface area (Å²) in [6.45, 7) is 2.57. The van der Waals surface area contributed by atoms with Crippen LogP contribution in [0, 0.1) is 0 Å². The van der Waals surface area contributed by atoms with Crippen molar-refractivity contribution in [3.63, 3.8) is 0 Å². The molecule has 3 aromatic rings. The van der Waals surface area contributed by atoms with E-state index in [1.54, 1.807) is 25.6 Å². The summed E-state index contributed by atoms with van der Waals surface area (Å²) in [5.41, 5.74) is 5.42. The molecule has 0 atom stereocenters. The first-order chi connectivity index (χ1) is 15.1. The zero-order valence-corrected chi connectivity index (χ0v) is 19.5. The highest BCUT2D eigenvalue weighted by Gasteiger charge is 2.08. The molecule has 31 heavy (non-hydrogen) atoms. The number of hydrogen-bond donors (Lipinski definition) is 1. The van der Waals surface area contributed by atoms with Crippen molar-refractivity contribution < 1.29 is 19.0 Å². The van der Waals surface area contributed by atoms with Crippen molar-refractivity contribution in [2.75, 3.05) is 19.1 Å². The first-order valence-corrected chi connectivity index (χ1v) is 11.2. The molecule has 0 saturated carbocycles. The number of hydrogen-bond acceptors (Lipinski definition) is 8. The maximum absolute atomic E-state index is 11.5. The van der Waals surface area contributed by atoms with Crippen LogP contribution in [-0.2, 0) is 22.6 Å². The topological polar surface area (TPSA) is 82.0 Å². The number of rotatable bonds is 10. The lowest BCUT2D eigenvalue weighted by molar-refractivity contribution is -0.142. The Labute approximate surface area is 193 Å². The van der Waals surface area contributed by atoms with Gasteiger partial charge >= 0.3 is 5.97 Å². The molecule has 162 valence electrons. The molecule has 0 aliphatic carbocycles. The van der Waals surface area contributed by atoms with Crippen LogP contribution in [0.3, 0.4) is 0 Å². The Kier molecular flexibility index (Phi) is 8.43. The number of methoxy groups -OCH3 is 1. The van der Waals surface area contributed by atoms with E-state index in [4.69, 9.17) is 14.2 Å². The van der Waals surface area contributed by atoms with E-state index >= 15 is 0 Å². The summed E-state index contributed by atoms with van der Waals surface area (Å²) in [5.74, 6) is 0.975. The van der Waals surface area contributed by atoms with E-state index in [1.807, 2.05) is 42.5 Å². The van der Waals surface area contributed by atoms with Gasteiger partial charge in [-0.25, -0.2) is 4.98 Å². The molecular weight excluding hydrogens is 482 g/mol. The molecule has 7 nitrogen and oxygen atoms in total. The van der Waals surface area contributed by atoms with E-state index in [9.17, 15) is 4.79 Å². The van der Waals surface area contributed by atoms with Gasteiger partial charge in [-0.15, -0.1) is 11.3 Å². The average molecular weight is 504 g/mol. The molecule has 0 fully saturated rings. The fourth-order valence-electron chi connectivity index (χ4n) is 2.59. The zero-order chi connectivity index (χ0) is 22.1. The van der Waals surface area contributed by atoms with E-state index in [2.05, 4.69) is 31.4 Å². The summed E-state index contributed by atoms with van der Waals surface area (Å²) in [5, 5.41) is 6.60. The minimum Gasteiger partial charge on any atom is -0.493 e. The summed E-state index contributed by atoms with van der Waals surface area (Å²) >= 11 is 4.79. The monoisotopic (exact) mass is 503 g/mol. The minimum atomic E-state index is -0.294. The molecule has 0 bridgehead atoms. The van der Waals surface area contributed by atoms with Crippen LogP contribution in [0.5, 0.6) is 11.5 Å². The van der Waals surface area contributed by atoms with Gasteiger partial charge in [0, 0.05) is 9.85 Å². The lowest BCUT2D eigenvalue weighted by Crippen LogP contribution is -2.07. The smallest absolute Gasteiger partial charge is 0.311 e. The van der Waals surface area contributed by atoms with Crippen LogP contribution in [0.15, 0.2) is 57.4 Å². The molecule has 0 spiro atoms. The standard InChI is InChI=1S/C22H22BrN3O4S/c1-3-29-21(27)11-18-14-31-22(25-18)26-24-12-16-6-9-19(20(10-16)28-2)30-13-15-4-7-17(23)8-5-15/h4-10,12,14H,3,11,13H2,1-2H3,(H,25,26). The molecule has 0 radical (unpaired) electrons. The van der Waals surface area contributed by atoms with Crippen molar-refractivity contribution in [3.05, 3.63) is 69.1 Å². The largest absolute Gasteiger partial charge is 0.493 e. The van der Waals surface area contributed by atoms with Gasteiger partial charge in [-0.2, -0.15) is 5.10 Å². The van der Waals surface area contributed by atoms with Gasteiger partial charge < -0.3 is 14.2 Å². The van der Waals surface area contributed by atoms with Crippen LogP contribution in [-0.4, -0.2) is 30.9 Å². The Hall–Kier alpha value is -2.91. The second-order valence-electron chi connectivity index (χ2n) is 6.32. The summed E-state index contributed by atoms with van der Waals surface area (Å²) in [6, 6.07) is 13.5. The number of aromatic nitrogens is 1. The number of nitrogens with one attached hydrogen (secondary N) is 1. The van der Waals surface area contributed by atoms with Crippen molar-refractivity contribution in [2.24, 2.45) is 5.10 Å². The molecule has 9 heteroatoms. The van der Waals surface area contributed by atoms with Crippen molar-refractivity contribution in [1.82, 2.24) is 4.98 Å². The van der Waals surface area contributed by atoms with Gasteiger partial charge in [-0.3, -0.25) is 10.2 Å². The van der Waals surface area contributed by atoms with E-state index < -0.39 is 0 Å². The first-order valence-electron chi connectivity index (χ1n) is 9.51. The second kappa shape index (κ2) is 11.5. The maximum atomic E-state index is 11.5. The van der Waals surface area contributed by atoms with Crippen molar-refractivity contribution in [1.29, 1.82) is 0 Å². The number of halogens is 1. The SMILES string of the molecule is CCOC(=O)Cc1csc(NN=Cc2ccc(OCc3ccc(Br)cc3)c(OC)c2)n1. The third kappa shape index (κ3) is 7.08. The molecule has 1 N–H and O–H groups in total. The second-order valence-corrected chi connectivity index (χ2v) is 8.10. The lowest BCUT2D eigenvalue weighted by atomic mass is 10.2. The van der Waals surface area contributed by atoms with E-state index in [0.717, 1.165) is 15.6 Å². The Balaban J connectivity index is 1.56. The molecule has 3 rings (SSSR count). The van der Waals surface area contributed by atoms with Crippen LogP contribution in [0.1, 0.15) is 23.7 Å². The Morgan fingerprint density at radius 2 is 2.03 bits per heavy atom. The number of thiazole rings is 1. The van der Waals surface area contributed by atoms with Gasteiger partial charge in [0.2, 0.25) is 5.13 Å². The van der Waals surface area contributed by atoms with Crippen LogP contribution in [0.4, 0.5) is 5.13 Å². The number of ether oxygens (including phenoxy) is 3. The maximum Gasteiger partial charge on any atom is 0.311 e. The number of esters is 1. The average Bonchev–Trinajstić information content (AvgIpc) is 3.21. The lowest BCUT2D eigenvalue weighted by Gasteiger charge is -2.11. The zero-order valence-electron chi connectivity index (χ0n) is 17.1. The number of anilines is 1. The molecule has 0 amide bonds. The molecule has 0 saturated heterocycles. The molecule has 0 aliphatic heterocycles. The predicted molar refractivity (Wildman–Crippen MR) is 125 cm³/mol. The molecule has 0 aliphatic rings. The molecule has 2 aromatic carbocycles. The summed E-state index contributed by atoms with van der Waals surface area (Å²) in [7, 11) is 1.60. The Bertz CT molecular complexity index is 1040. The number of carbonyl (C=O) groups is 1. The van der Waals surface area contributed by atoms with E-state index in [-0.39, 0.29) is 12.4 Å². The quantitative estimate of drug-likeness (QED) is 0.237. The predicted octanol–water partition coefficient (Wildman–Crippen LogP) is 5.04. The number of nitrogens with zero attached hydrogens (tertiary/aromatic N) is 2. The molecular formula is C22H22BrN3O4S. The molecule has 0 unspecified atom stereocenters. The summed E-state index contributed by atoms with van der Waals surface area (Å²) in [6.07, 6.45) is 1.81. The highest BCUT2D eigenvalue weighted by atomic mass is 79.9. The third-order valence-corrected chi connectivity index (χ3v) is 5.38. The van der Waals surface area contributed by atoms with Gasteiger partial charge in [0.15, 0.2) is 11.5 Å². The van der Waals surface area contributed by atoms with Crippen molar-refractivity contribution in [2.45, 2.75) is 20.0 Å². The fraction of sp³-hybridized carbons (Fsp3) is 0.227. The van der Waals surface area contributed by atoms with E-state index in [1.165, 1.54) is 11.3 Å². The number of benzene rings is 2. The normalized spacial score (nSPS) is 10.8. The molecule has 1 aromatic heterocycles. The van der Waals surface area contributed by atoms with E-state index in [0.29, 0.717) is 35.5 Å². The Morgan fingerprint density at radius 3 is 2.77 bits per heavy atom. The fourth-order valence-corrected chi connectivity index (χ4v) is 3.51. The first kappa shape index (κ1) is 22.8. The summed E-state index contributed by atoms with van der Waals surface area (Å²) < 4.78 is 17.3. The van der Waals surface area contributed by atoms with Crippen LogP contribution in [0.2, 0.25) is 0 Å². The minimum absolute atomic E-state index is 0.147. The van der Waals surface area contributed by atoms with Gasteiger partial charge in [-0.05, 0) is 48.4 Å². The highest BCUT2D eigenvalue weighted by molar-refractivity contribution is 9.10. The van der Waals surface area contributed by atoms with Gasteiger partial charge in [0.05, 0.1) is 32.0 Å². The van der Waals surface area contributed by atoms with Crippen molar-refractivity contribution in [3.8, 4) is 11.5 Å².